The molecule has 8 nitrogen and oxygen atoms in total. The SMILES string of the molecule is O=C1C(=C2C=CC(=[N+]3CCSCCOCCOCCSCC3)C=C2)C([O-])=C1c1ccc(N2CCSCCOCCOCCSCC2)cc1. The number of benzene rings is 1. The van der Waals surface area contributed by atoms with E-state index in [9.17, 15) is 9.90 Å². The van der Waals surface area contributed by atoms with E-state index in [0.717, 1.165) is 110 Å². The first-order valence-corrected chi connectivity index (χ1v) is 21.5. The van der Waals surface area contributed by atoms with E-state index < -0.39 is 0 Å². The molecule has 4 aliphatic rings. The number of hydrogen-bond donors (Lipinski definition) is 0. The summed E-state index contributed by atoms with van der Waals surface area (Å²) in [6.45, 7) is 9.33. The minimum absolute atomic E-state index is 0.168. The largest absolute Gasteiger partial charge is 0.871 e. The molecule has 1 aromatic rings. The van der Waals surface area contributed by atoms with Gasteiger partial charge in [-0.05, 0) is 35.4 Å². The molecule has 2 saturated heterocycles. The summed E-state index contributed by atoms with van der Waals surface area (Å²) in [7, 11) is 0. The first kappa shape index (κ1) is 37.6. The van der Waals surface area contributed by atoms with Crippen LogP contribution in [-0.2, 0) is 23.7 Å². The Hall–Kier alpha value is -1.64. The van der Waals surface area contributed by atoms with Gasteiger partial charge in [0.2, 0.25) is 0 Å². The van der Waals surface area contributed by atoms with Crippen LogP contribution in [0.15, 0.2) is 65.5 Å². The van der Waals surface area contributed by atoms with Gasteiger partial charge in [-0.1, -0.05) is 17.9 Å². The standard InChI is InChI=1S/C36H48N2O6S4/c39-35-33(29-1-5-31(6-2-29)37-9-21-45-25-17-41-13-14-42-18-26-46-22-10-37)36(40)34(35)30-3-7-32(8-4-30)38-11-23-47-27-19-43-15-16-44-20-28-48-24-12-38/h1-8H,9-28H2. The lowest BCUT2D eigenvalue weighted by molar-refractivity contribution is -0.516. The second-order valence-electron chi connectivity index (χ2n) is 11.4. The van der Waals surface area contributed by atoms with Crippen LogP contribution in [0.1, 0.15) is 5.56 Å². The number of hydrogen-bond acceptors (Lipinski definition) is 11. The van der Waals surface area contributed by atoms with Crippen molar-refractivity contribution >= 4 is 69.8 Å². The Balaban J connectivity index is 1.22. The van der Waals surface area contributed by atoms with Gasteiger partial charge in [0.1, 0.15) is 0 Å². The van der Waals surface area contributed by atoms with Gasteiger partial charge in [-0.3, -0.25) is 4.79 Å². The number of rotatable bonds is 2. The van der Waals surface area contributed by atoms with Crippen LogP contribution in [0.4, 0.5) is 5.69 Å². The van der Waals surface area contributed by atoms with E-state index in [1.54, 1.807) is 0 Å². The van der Waals surface area contributed by atoms with E-state index in [-0.39, 0.29) is 22.7 Å². The monoisotopic (exact) mass is 732 g/mol. The summed E-state index contributed by atoms with van der Waals surface area (Å²) in [5, 5.41) is 13.4. The van der Waals surface area contributed by atoms with E-state index in [4.69, 9.17) is 18.9 Å². The average Bonchev–Trinajstić information content (AvgIpc) is 3.12. The average molecular weight is 733 g/mol. The Bertz CT molecular complexity index is 1290. The highest BCUT2D eigenvalue weighted by molar-refractivity contribution is 7.99. The molecule has 0 aromatic heterocycles. The number of Topliss-reactive ketones (excluding diaryl/α,β-unsaturated/α-hetero) is 1. The third kappa shape index (κ3) is 11.7. The Morgan fingerprint density at radius 2 is 1.06 bits per heavy atom. The lowest BCUT2D eigenvalue weighted by Gasteiger charge is -2.32. The molecule has 0 unspecified atom stereocenters. The highest BCUT2D eigenvalue weighted by Crippen LogP contribution is 2.38. The van der Waals surface area contributed by atoms with Crippen molar-refractivity contribution < 1.29 is 33.4 Å². The number of carbonyl (C=O) groups is 1. The van der Waals surface area contributed by atoms with Gasteiger partial charge in [-0.2, -0.15) is 47.0 Å². The Labute approximate surface area is 302 Å². The second-order valence-corrected chi connectivity index (χ2v) is 16.3. The maximum atomic E-state index is 13.4. The van der Waals surface area contributed by atoms with Crippen LogP contribution in [0, 0.1) is 0 Å². The molecule has 2 heterocycles. The molecular weight excluding hydrogens is 685 g/mol. The molecule has 2 fully saturated rings. The topological polar surface area (TPSA) is 83.3 Å². The number of allylic oxidation sites excluding steroid dienone is 7. The van der Waals surface area contributed by atoms with Crippen LogP contribution in [-0.4, -0.2) is 141 Å². The smallest absolute Gasteiger partial charge is 0.199 e. The maximum absolute atomic E-state index is 13.4. The predicted octanol–water partition coefficient (Wildman–Crippen LogP) is 4.05. The summed E-state index contributed by atoms with van der Waals surface area (Å²) in [6, 6.07) is 7.94. The molecular formula is C36H48N2O6S4. The second kappa shape index (κ2) is 21.5. The molecule has 12 heteroatoms. The van der Waals surface area contributed by atoms with Gasteiger partial charge in [-0.15, -0.1) is 0 Å². The zero-order chi connectivity index (χ0) is 33.2. The zero-order valence-electron chi connectivity index (χ0n) is 27.7. The van der Waals surface area contributed by atoms with Crippen molar-refractivity contribution in [2.45, 2.75) is 0 Å². The lowest BCUT2D eigenvalue weighted by Crippen LogP contribution is -2.31. The third-order valence-electron chi connectivity index (χ3n) is 8.20. The third-order valence-corrected chi connectivity index (χ3v) is 11.9. The van der Waals surface area contributed by atoms with Gasteiger partial charge in [0.05, 0.1) is 64.4 Å². The van der Waals surface area contributed by atoms with Crippen LogP contribution in [0.5, 0.6) is 0 Å². The summed E-state index contributed by atoms with van der Waals surface area (Å²) >= 11 is 7.58. The summed E-state index contributed by atoms with van der Waals surface area (Å²) in [6.07, 6.45) is 7.94. The van der Waals surface area contributed by atoms with E-state index in [0.29, 0.717) is 37.6 Å². The molecule has 2 aliphatic carbocycles. The van der Waals surface area contributed by atoms with Gasteiger partial charge >= 0.3 is 0 Å². The molecule has 5 rings (SSSR count). The van der Waals surface area contributed by atoms with Crippen LogP contribution >= 0.6 is 47.0 Å². The fraction of sp³-hybridized carbons (Fsp3) is 0.556. The lowest BCUT2D eigenvalue weighted by atomic mass is 9.80. The van der Waals surface area contributed by atoms with Crippen molar-refractivity contribution in [2.75, 3.05) is 130 Å². The molecule has 0 atom stereocenters. The van der Waals surface area contributed by atoms with Crippen LogP contribution in [0.3, 0.4) is 0 Å². The normalized spacial score (nSPS) is 22.8. The van der Waals surface area contributed by atoms with Crippen molar-refractivity contribution in [3.8, 4) is 0 Å². The molecule has 0 bridgehead atoms. The van der Waals surface area contributed by atoms with E-state index in [2.05, 4.69) is 9.48 Å². The van der Waals surface area contributed by atoms with Gasteiger partial charge in [0, 0.05) is 76.6 Å². The zero-order valence-corrected chi connectivity index (χ0v) is 31.0. The van der Waals surface area contributed by atoms with Crippen LogP contribution in [0.2, 0.25) is 0 Å². The fourth-order valence-corrected chi connectivity index (χ4v) is 8.72. The summed E-state index contributed by atoms with van der Waals surface area (Å²) in [4.78, 5) is 15.8. The molecule has 262 valence electrons. The molecule has 1 aromatic carbocycles. The van der Waals surface area contributed by atoms with Crippen molar-refractivity contribution in [3.05, 3.63) is 71.0 Å². The fourth-order valence-electron chi connectivity index (χ4n) is 5.56. The van der Waals surface area contributed by atoms with Crippen molar-refractivity contribution in [1.82, 2.24) is 0 Å². The number of ether oxygens (including phenoxy) is 4. The maximum Gasteiger partial charge on any atom is 0.199 e. The minimum Gasteiger partial charge on any atom is -0.871 e. The van der Waals surface area contributed by atoms with Gasteiger partial charge in [-0.25, -0.2) is 4.58 Å². The number of thioether (sulfide) groups is 4. The van der Waals surface area contributed by atoms with Gasteiger partial charge < -0.3 is 29.0 Å². The molecule has 0 amide bonds. The van der Waals surface area contributed by atoms with Crippen molar-refractivity contribution in [3.63, 3.8) is 0 Å². The Morgan fingerprint density at radius 1 is 0.583 bits per heavy atom. The summed E-state index contributed by atoms with van der Waals surface area (Å²) in [5.74, 6) is 7.58. The van der Waals surface area contributed by atoms with Crippen LogP contribution < -0.4 is 10.0 Å². The molecule has 0 radical (unpaired) electrons. The van der Waals surface area contributed by atoms with Crippen molar-refractivity contribution in [2.24, 2.45) is 0 Å². The number of carbonyl (C=O) groups excluding carboxylic acids is 1. The summed E-state index contributed by atoms with van der Waals surface area (Å²) < 4.78 is 25.0. The summed E-state index contributed by atoms with van der Waals surface area (Å²) in [5.41, 5.74) is 4.18. The molecule has 0 spiro atoms. The highest BCUT2D eigenvalue weighted by atomic mass is 32.2. The first-order valence-electron chi connectivity index (χ1n) is 16.9. The Morgan fingerprint density at radius 3 is 1.54 bits per heavy atom. The molecule has 0 N–H and O–H groups in total. The molecule has 0 saturated carbocycles. The Kier molecular flexibility index (Phi) is 16.9. The first-order chi connectivity index (χ1) is 23.7. The van der Waals surface area contributed by atoms with Crippen molar-refractivity contribution in [1.29, 1.82) is 0 Å². The van der Waals surface area contributed by atoms with Crippen LogP contribution in [0.25, 0.3) is 5.57 Å². The quantitative estimate of drug-likeness (QED) is 0.327. The minimum atomic E-state index is -0.168. The highest BCUT2D eigenvalue weighted by Gasteiger charge is 2.30. The van der Waals surface area contributed by atoms with Gasteiger partial charge in [0.15, 0.2) is 24.6 Å². The van der Waals surface area contributed by atoms with E-state index >= 15 is 0 Å². The number of anilines is 1. The van der Waals surface area contributed by atoms with E-state index in [1.807, 2.05) is 95.6 Å². The van der Waals surface area contributed by atoms with Gasteiger partial charge in [0.25, 0.3) is 0 Å². The molecule has 2 aliphatic heterocycles. The van der Waals surface area contributed by atoms with E-state index in [1.165, 1.54) is 0 Å². The number of ketones is 1. The molecule has 48 heavy (non-hydrogen) atoms. The number of nitrogens with zero attached hydrogens (tertiary/aromatic N) is 2. The predicted molar refractivity (Wildman–Crippen MR) is 203 cm³/mol.